The van der Waals surface area contributed by atoms with Crippen LogP contribution >= 0.6 is 34.2 Å². The van der Waals surface area contributed by atoms with Gasteiger partial charge in [0, 0.05) is 9.64 Å². The summed E-state index contributed by atoms with van der Waals surface area (Å²) in [5.41, 5.74) is 0.203. The second-order valence-corrected chi connectivity index (χ2v) is 7.37. The molecule has 0 amide bonds. The third-order valence-electron chi connectivity index (χ3n) is 2.55. The van der Waals surface area contributed by atoms with Gasteiger partial charge < -0.3 is 9.52 Å². The molecule has 0 fully saturated rings. The van der Waals surface area contributed by atoms with E-state index in [-0.39, 0.29) is 21.4 Å². The molecule has 9 heteroatoms. The number of aromatic carboxylic acids is 1. The van der Waals surface area contributed by atoms with Gasteiger partial charge in [0.2, 0.25) is 5.76 Å². The number of nitrogens with one attached hydrogen (secondary N) is 1. The third-order valence-corrected chi connectivity index (χ3v) is 5.00. The summed E-state index contributed by atoms with van der Waals surface area (Å²) >= 11 is 8.01. The van der Waals surface area contributed by atoms with Crippen molar-refractivity contribution in [2.45, 2.75) is 11.8 Å². The van der Waals surface area contributed by atoms with Crippen LogP contribution in [-0.4, -0.2) is 19.5 Å². The van der Waals surface area contributed by atoms with Crippen molar-refractivity contribution in [3.63, 3.8) is 0 Å². The van der Waals surface area contributed by atoms with Gasteiger partial charge in [-0.25, -0.2) is 13.2 Å². The Morgan fingerprint density at radius 3 is 2.57 bits per heavy atom. The highest BCUT2D eigenvalue weighted by Gasteiger charge is 2.24. The van der Waals surface area contributed by atoms with Crippen LogP contribution in [0.15, 0.2) is 33.6 Å². The quantitative estimate of drug-likeness (QED) is 0.709. The van der Waals surface area contributed by atoms with Crippen LogP contribution in [0.5, 0.6) is 0 Å². The Bertz CT molecular complexity index is 815. The zero-order valence-electron chi connectivity index (χ0n) is 10.6. The Balaban J connectivity index is 2.41. The van der Waals surface area contributed by atoms with Crippen molar-refractivity contribution < 1.29 is 22.7 Å². The normalized spacial score (nSPS) is 11.4. The van der Waals surface area contributed by atoms with Crippen molar-refractivity contribution >= 4 is 55.9 Å². The molecule has 0 aliphatic carbocycles. The van der Waals surface area contributed by atoms with E-state index in [1.807, 2.05) is 22.6 Å². The molecular weight excluding hydrogens is 433 g/mol. The first kappa shape index (κ1) is 16.1. The van der Waals surface area contributed by atoms with Crippen LogP contribution in [0.4, 0.5) is 5.69 Å². The molecular formula is C12H9ClINO5S. The molecule has 0 atom stereocenters. The van der Waals surface area contributed by atoms with E-state index in [1.54, 1.807) is 12.1 Å². The summed E-state index contributed by atoms with van der Waals surface area (Å²) in [6, 6.07) is 5.77. The monoisotopic (exact) mass is 441 g/mol. The molecule has 2 rings (SSSR count). The van der Waals surface area contributed by atoms with Gasteiger partial charge in [-0.2, -0.15) is 0 Å². The van der Waals surface area contributed by atoms with Crippen LogP contribution in [0.2, 0.25) is 5.02 Å². The number of benzene rings is 1. The number of carboxylic acid groups (broad SMARTS) is 1. The summed E-state index contributed by atoms with van der Waals surface area (Å²) in [6.07, 6.45) is 0. The van der Waals surface area contributed by atoms with Gasteiger partial charge in [-0.05, 0) is 47.7 Å². The van der Waals surface area contributed by atoms with Crippen molar-refractivity contribution in [2.24, 2.45) is 0 Å². The second kappa shape index (κ2) is 5.85. The molecule has 21 heavy (non-hydrogen) atoms. The number of furan rings is 1. The van der Waals surface area contributed by atoms with Gasteiger partial charge in [0.25, 0.3) is 10.0 Å². The lowest BCUT2D eigenvalue weighted by atomic mass is 10.3. The highest BCUT2D eigenvalue weighted by Crippen LogP contribution is 2.28. The van der Waals surface area contributed by atoms with E-state index < -0.39 is 21.8 Å². The second-order valence-electron chi connectivity index (χ2n) is 4.07. The van der Waals surface area contributed by atoms with Gasteiger partial charge in [-0.3, -0.25) is 4.72 Å². The number of halogens is 2. The molecule has 0 aliphatic heterocycles. The van der Waals surface area contributed by atoms with Gasteiger partial charge in [0.1, 0.15) is 10.7 Å². The fraction of sp³-hybridized carbons (Fsp3) is 0.0833. The number of sulfonamides is 1. The van der Waals surface area contributed by atoms with E-state index in [0.717, 1.165) is 9.64 Å². The Labute approximate surface area is 139 Å². The number of hydrogen-bond acceptors (Lipinski definition) is 4. The zero-order valence-corrected chi connectivity index (χ0v) is 14.3. The van der Waals surface area contributed by atoms with Crippen LogP contribution in [-0.2, 0) is 10.0 Å². The Morgan fingerprint density at radius 1 is 1.38 bits per heavy atom. The van der Waals surface area contributed by atoms with Crippen molar-refractivity contribution in [3.8, 4) is 0 Å². The zero-order chi connectivity index (χ0) is 15.8. The van der Waals surface area contributed by atoms with E-state index in [2.05, 4.69) is 4.72 Å². The highest BCUT2D eigenvalue weighted by atomic mass is 127. The first-order valence-electron chi connectivity index (χ1n) is 5.52. The van der Waals surface area contributed by atoms with Crippen LogP contribution in [0.25, 0.3) is 0 Å². The molecule has 0 unspecified atom stereocenters. The molecule has 0 radical (unpaired) electrons. The molecule has 1 aromatic heterocycles. The van der Waals surface area contributed by atoms with Gasteiger partial charge in [-0.15, -0.1) is 0 Å². The number of anilines is 1. The van der Waals surface area contributed by atoms with Crippen LogP contribution in [0.1, 0.15) is 16.3 Å². The molecule has 1 heterocycles. The van der Waals surface area contributed by atoms with Gasteiger partial charge in [0.05, 0.1) is 10.7 Å². The molecule has 0 spiro atoms. The molecule has 112 valence electrons. The summed E-state index contributed by atoms with van der Waals surface area (Å²) in [7, 11) is -3.99. The maximum atomic E-state index is 12.3. The SMILES string of the molecule is Cc1oc(C(=O)O)cc1S(=O)(=O)Nc1ccc(I)cc1Cl. The van der Waals surface area contributed by atoms with Crippen LogP contribution < -0.4 is 4.72 Å². The molecule has 0 saturated carbocycles. The summed E-state index contributed by atoms with van der Waals surface area (Å²) in [4.78, 5) is 10.6. The maximum Gasteiger partial charge on any atom is 0.371 e. The summed E-state index contributed by atoms with van der Waals surface area (Å²) < 4.78 is 32.6. The number of rotatable bonds is 4. The summed E-state index contributed by atoms with van der Waals surface area (Å²) in [5.74, 6) is -1.80. The minimum absolute atomic E-state index is 0.0125. The highest BCUT2D eigenvalue weighted by molar-refractivity contribution is 14.1. The van der Waals surface area contributed by atoms with E-state index in [4.69, 9.17) is 21.1 Å². The van der Waals surface area contributed by atoms with Crippen LogP contribution in [0, 0.1) is 10.5 Å². The molecule has 6 nitrogen and oxygen atoms in total. The Hall–Kier alpha value is -1.26. The van der Waals surface area contributed by atoms with E-state index in [1.165, 1.54) is 13.0 Å². The van der Waals surface area contributed by atoms with Crippen molar-refractivity contribution in [1.82, 2.24) is 0 Å². The fourth-order valence-corrected chi connectivity index (χ4v) is 3.83. The lowest BCUT2D eigenvalue weighted by Gasteiger charge is -2.08. The molecule has 2 aromatic rings. The minimum Gasteiger partial charge on any atom is -0.475 e. The average Bonchev–Trinajstić information content (AvgIpc) is 2.76. The van der Waals surface area contributed by atoms with E-state index >= 15 is 0 Å². The molecule has 0 bridgehead atoms. The predicted molar refractivity (Wildman–Crippen MR) is 85.4 cm³/mol. The fourth-order valence-electron chi connectivity index (χ4n) is 1.61. The topological polar surface area (TPSA) is 96.6 Å². The first-order valence-corrected chi connectivity index (χ1v) is 8.46. The standard InChI is InChI=1S/C12H9ClINO5S/c1-6-11(5-10(20-6)12(16)17)21(18,19)15-9-3-2-7(14)4-8(9)13/h2-5,15H,1H3,(H,16,17). The number of carboxylic acids is 1. The van der Waals surface area contributed by atoms with Gasteiger partial charge >= 0.3 is 5.97 Å². The Morgan fingerprint density at radius 2 is 2.05 bits per heavy atom. The molecule has 0 saturated heterocycles. The van der Waals surface area contributed by atoms with Gasteiger partial charge in [0.15, 0.2) is 0 Å². The largest absolute Gasteiger partial charge is 0.475 e. The van der Waals surface area contributed by atoms with Crippen molar-refractivity contribution in [1.29, 1.82) is 0 Å². The summed E-state index contributed by atoms with van der Waals surface area (Å²) in [6.45, 7) is 1.37. The summed E-state index contributed by atoms with van der Waals surface area (Å²) in [5, 5.41) is 9.06. The van der Waals surface area contributed by atoms with E-state index in [9.17, 15) is 13.2 Å². The van der Waals surface area contributed by atoms with Crippen molar-refractivity contribution in [2.75, 3.05) is 4.72 Å². The first-order chi connectivity index (χ1) is 9.70. The van der Waals surface area contributed by atoms with E-state index in [0.29, 0.717) is 0 Å². The predicted octanol–water partition coefficient (Wildman–Crippen LogP) is 3.35. The maximum absolute atomic E-state index is 12.3. The number of aryl methyl sites for hydroxylation is 1. The van der Waals surface area contributed by atoms with Gasteiger partial charge in [-0.1, -0.05) is 11.6 Å². The minimum atomic E-state index is -3.99. The number of carbonyl (C=O) groups is 1. The average molecular weight is 442 g/mol. The smallest absolute Gasteiger partial charge is 0.371 e. The third kappa shape index (κ3) is 3.50. The molecule has 0 aliphatic rings. The molecule has 2 N–H and O–H groups in total. The van der Waals surface area contributed by atoms with Crippen LogP contribution in [0.3, 0.4) is 0 Å². The lowest BCUT2D eigenvalue weighted by molar-refractivity contribution is 0.0661. The van der Waals surface area contributed by atoms with Crippen molar-refractivity contribution in [3.05, 3.63) is 44.4 Å². The molecule has 1 aromatic carbocycles. The lowest BCUT2D eigenvalue weighted by Crippen LogP contribution is -2.13. The number of hydrogen-bond donors (Lipinski definition) is 2. The Kier molecular flexibility index (Phi) is 4.49.